The zero-order chi connectivity index (χ0) is 21.5. The summed E-state index contributed by atoms with van der Waals surface area (Å²) in [6, 6.07) is 21.1. The molecule has 2 amide bonds. The first kappa shape index (κ1) is 21.1. The highest BCUT2D eigenvalue weighted by molar-refractivity contribution is 6.04. The van der Waals surface area contributed by atoms with Crippen molar-refractivity contribution in [2.24, 2.45) is 0 Å². The summed E-state index contributed by atoms with van der Waals surface area (Å²) in [5.41, 5.74) is 3.30. The maximum atomic E-state index is 12.4. The number of aliphatic hydroxyl groups excluding tert-OH is 1. The van der Waals surface area contributed by atoms with E-state index in [1.807, 2.05) is 31.2 Å². The van der Waals surface area contributed by atoms with Crippen molar-refractivity contribution in [3.63, 3.8) is 0 Å². The number of anilines is 2. The molecule has 0 aliphatic heterocycles. The molecule has 1 atom stereocenters. The van der Waals surface area contributed by atoms with Crippen LogP contribution in [0.3, 0.4) is 0 Å². The number of para-hydroxylation sites is 1. The van der Waals surface area contributed by atoms with Gasteiger partial charge in [0, 0.05) is 16.9 Å². The number of nitrogens with one attached hydrogen (secondary N) is 2. The van der Waals surface area contributed by atoms with E-state index >= 15 is 0 Å². The van der Waals surface area contributed by atoms with Crippen LogP contribution < -0.4 is 15.4 Å². The molecule has 154 valence electrons. The third kappa shape index (κ3) is 5.68. The van der Waals surface area contributed by atoms with Crippen molar-refractivity contribution in [1.82, 2.24) is 0 Å². The number of rotatable bonds is 7. The van der Waals surface area contributed by atoms with Crippen molar-refractivity contribution in [1.29, 1.82) is 0 Å². The van der Waals surface area contributed by atoms with Crippen LogP contribution in [0, 0.1) is 6.92 Å². The van der Waals surface area contributed by atoms with Crippen molar-refractivity contribution in [3.8, 4) is 5.75 Å². The molecular formula is C24H24N2O4. The average Bonchev–Trinajstić information content (AvgIpc) is 2.74. The number of benzene rings is 3. The van der Waals surface area contributed by atoms with Gasteiger partial charge in [-0.05, 0) is 67.4 Å². The molecule has 0 aliphatic carbocycles. The van der Waals surface area contributed by atoms with Gasteiger partial charge in [-0.15, -0.1) is 0 Å². The molecule has 6 heteroatoms. The number of ether oxygens (including phenoxy) is 1. The molecule has 0 fully saturated rings. The molecule has 0 radical (unpaired) electrons. The van der Waals surface area contributed by atoms with Gasteiger partial charge in [0.15, 0.2) is 6.61 Å². The minimum atomic E-state index is -0.612. The van der Waals surface area contributed by atoms with Crippen LogP contribution in [0.1, 0.15) is 34.5 Å². The van der Waals surface area contributed by atoms with Crippen molar-refractivity contribution in [2.45, 2.75) is 20.0 Å². The third-order valence-corrected chi connectivity index (χ3v) is 4.51. The van der Waals surface area contributed by atoms with Gasteiger partial charge in [0.25, 0.3) is 11.8 Å². The van der Waals surface area contributed by atoms with Crippen LogP contribution in [0.15, 0.2) is 72.8 Å². The quantitative estimate of drug-likeness (QED) is 0.547. The van der Waals surface area contributed by atoms with Crippen molar-refractivity contribution in [3.05, 3.63) is 89.5 Å². The lowest BCUT2D eigenvalue weighted by Gasteiger charge is -2.11. The molecule has 3 aromatic rings. The van der Waals surface area contributed by atoms with Crippen molar-refractivity contribution >= 4 is 23.2 Å². The molecule has 3 aromatic carbocycles. The zero-order valence-electron chi connectivity index (χ0n) is 16.9. The molecule has 0 aliphatic rings. The lowest BCUT2D eigenvalue weighted by atomic mass is 10.1. The fourth-order valence-corrected chi connectivity index (χ4v) is 2.84. The third-order valence-electron chi connectivity index (χ3n) is 4.51. The van der Waals surface area contributed by atoms with E-state index in [0.29, 0.717) is 22.7 Å². The van der Waals surface area contributed by atoms with Gasteiger partial charge >= 0.3 is 0 Å². The standard InChI is InChI=1S/C24H24N2O4/c1-16-6-3-4-9-22(16)30-15-23(28)25-20-12-10-18(11-13-20)24(29)26-21-8-5-7-19(14-21)17(2)27/h3-14,17,27H,15H2,1-2H3,(H,25,28)(H,26,29). The molecule has 0 spiro atoms. The van der Waals surface area contributed by atoms with Crippen LogP contribution in [0.25, 0.3) is 0 Å². The first-order valence-corrected chi connectivity index (χ1v) is 9.60. The Kier molecular flexibility index (Phi) is 6.83. The number of carbonyl (C=O) groups excluding carboxylic acids is 2. The molecule has 0 aromatic heterocycles. The Morgan fingerprint density at radius 1 is 0.933 bits per heavy atom. The van der Waals surface area contributed by atoms with E-state index in [1.165, 1.54) is 0 Å². The van der Waals surface area contributed by atoms with Crippen LogP contribution >= 0.6 is 0 Å². The van der Waals surface area contributed by atoms with E-state index in [0.717, 1.165) is 11.1 Å². The summed E-state index contributed by atoms with van der Waals surface area (Å²) in [7, 11) is 0. The van der Waals surface area contributed by atoms with E-state index < -0.39 is 6.10 Å². The molecule has 0 saturated carbocycles. The fraction of sp³-hybridized carbons (Fsp3) is 0.167. The number of carbonyl (C=O) groups is 2. The van der Waals surface area contributed by atoms with Crippen LogP contribution in [0.4, 0.5) is 11.4 Å². The second-order valence-electron chi connectivity index (χ2n) is 6.94. The van der Waals surface area contributed by atoms with Crippen LogP contribution in [0.2, 0.25) is 0 Å². The van der Waals surface area contributed by atoms with Gasteiger partial charge in [0.05, 0.1) is 6.10 Å². The number of aliphatic hydroxyl groups is 1. The second-order valence-corrected chi connectivity index (χ2v) is 6.94. The molecule has 3 rings (SSSR count). The smallest absolute Gasteiger partial charge is 0.262 e. The number of hydrogen-bond acceptors (Lipinski definition) is 4. The van der Waals surface area contributed by atoms with Crippen LogP contribution in [-0.2, 0) is 4.79 Å². The topological polar surface area (TPSA) is 87.7 Å². The monoisotopic (exact) mass is 404 g/mol. The van der Waals surface area contributed by atoms with E-state index in [2.05, 4.69) is 10.6 Å². The highest BCUT2D eigenvalue weighted by Gasteiger charge is 2.09. The summed E-state index contributed by atoms with van der Waals surface area (Å²) in [5, 5.41) is 15.2. The average molecular weight is 404 g/mol. The first-order chi connectivity index (χ1) is 14.4. The normalized spacial score (nSPS) is 11.4. The Bertz CT molecular complexity index is 1030. The van der Waals surface area contributed by atoms with E-state index in [9.17, 15) is 14.7 Å². The summed E-state index contributed by atoms with van der Waals surface area (Å²) >= 11 is 0. The Balaban J connectivity index is 1.55. The summed E-state index contributed by atoms with van der Waals surface area (Å²) in [6.07, 6.45) is -0.612. The van der Waals surface area contributed by atoms with E-state index in [4.69, 9.17) is 4.74 Å². The summed E-state index contributed by atoms with van der Waals surface area (Å²) in [6.45, 7) is 3.48. The maximum absolute atomic E-state index is 12.4. The van der Waals surface area contributed by atoms with Gasteiger partial charge in [0.2, 0.25) is 0 Å². The number of hydrogen-bond donors (Lipinski definition) is 3. The predicted octanol–water partition coefficient (Wildman–Crippen LogP) is 4.32. The second kappa shape index (κ2) is 9.71. The maximum Gasteiger partial charge on any atom is 0.262 e. The highest BCUT2D eigenvalue weighted by Crippen LogP contribution is 2.19. The predicted molar refractivity (Wildman–Crippen MR) is 117 cm³/mol. The van der Waals surface area contributed by atoms with Crippen LogP contribution in [0.5, 0.6) is 5.75 Å². The zero-order valence-corrected chi connectivity index (χ0v) is 16.9. The summed E-state index contributed by atoms with van der Waals surface area (Å²) in [5.74, 6) is 0.100. The minimum absolute atomic E-state index is 0.104. The van der Waals surface area contributed by atoms with Gasteiger partial charge in [0.1, 0.15) is 5.75 Å². The van der Waals surface area contributed by atoms with E-state index in [-0.39, 0.29) is 18.4 Å². The van der Waals surface area contributed by atoms with Crippen molar-refractivity contribution in [2.75, 3.05) is 17.2 Å². The van der Waals surface area contributed by atoms with Gasteiger partial charge in [-0.2, -0.15) is 0 Å². The Hall–Kier alpha value is -3.64. The number of amides is 2. The highest BCUT2D eigenvalue weighted by atomic mass is 16.5. The number of aryl methyl sites for hydroxylation is 1. The largest absolute Gasteiger partial charge is 0.483 e. The Labute approximate surface area is 175 Å². The Morgan fingerprint density at radius 2 is 1.67 bits per heavy atom. The first-order valence-electron chi connectivity index (χ1n) is 9.60. The fourth-order valence-electron chi connectivity index (χ4n) is 2.84. The molecular weight excluding hydrogens is 380 g/mol. The van der Waals surface area contributed by atoms with Gasteiger partial charge < -0.3 is 20.5 Å². The van der Waals surface area contributed by atoms with Crippen molar-refractivity contribution < 1.29 is 19.4 Å². The minimum Gasteiger partial charge on any atom is -0.483 e. The molecule has 1 unspecified atom stereocenters. The molecule has 3 N–H and O–H groups in total. The Morgan fingerprint density at radius 3 is 2.37 bits per heavy atom. The van der Waals surface area contributed by atoms with Gasteiger partial charge in [-0.3, -0.25) is 9.59 Å². The molecule has 0 bridgehead atoms. The lowest BCUT2D eigenvalue weighted by molar-refractivity contribution is -0.118. The van der Waals surface area contributed by atoms with Gasteiger partial charge in [-0.1, -0.05) is 30.3 Å². The van der Waals surface area contributed by atoms with Gasteiger partial charge in [-0.25, -0.2) is 0 Å². The summed E-state index contributed by atoms with van der Waals surface area (Å²) in [4.78, 5) is 24.5. The molecule has 6 nitrogen and oxygen atoms in total. The lowest BCUT2D eigenvalue weighted by Crippen LogP contribution is -2.20. The molecule has 0 heterocycles. The molecule has 30 heavy (non-hydrogen) atoms. The molecule has 0 saturated heterocycles. The summed E-state index contributed by atoms with van der Waals surface area (Å²) < 4.78 is 5.53. The SMILES string of the molecule is Cc1ccccc1OCC(=O)Nc1ccc(C(=O)Nc2cccc(C(C)O)c2)cc1. The van der Waals surface area contributed by atoms with E-state index in [1.54, 1.807) is 55.5 Å². The van der Waals surface area contributed by atoms with Crippen LogP contribution in [-0.4, -0.2) is 23.5 Å².